The SMILES string of the molecule is O=C(Oc1ccc(OCC(F)(F)F)cc1)[C@H]1CCOC1. The van der Waals surface area contributed by atoms with Crippen LogP contribution in [0.2, 0.25) is 0 Å². The van der Waals surface area contributed by atoms with E-state index in [1.165, 1.54) is 24.3 Å². The second-order valence-corrected chi connectivity index (χ2v) is 4.36. The molecule has 0 spiro atoms. The van der Waals surface area contributed by atoms with Crippen molar-refractivity contribution in [3.63, 3.8) is 0 Å². The summed E-state index contributed by atoms with van der Waals surface area (Å²) >= 11 is 0. The van der Waals surface area contributed by atoms with Crippen molar-refractivity contribution >= 4 is 5.97 Å². The van der Waals surface area contributed by atoms with E-state index in [2.05, 4.69) is 4.74 Å². The third-order valence-electron chi connectivity index (χ3n) is 2.71. The van der Waals surface area contributed by atoms with E-state index in [-0.39, 0.29) is 17.4 Å². The number of alkyl halides is 3. The molecule has 2 rings (SSSR count). The highest BCUT2D eigenvalue weighted by molar-refractivity contribution is 5.75. The van der Waals surface area contributed by atoms with E-state index in [4.69, 9.17) is 9.47 Å². The van der Waals surface area contributed by atoms with Crippen molar-refractivity contribution in [2.45, 2.75) is 12.6 Å². The van der Waals surface area contributed by atoms with Gasteiger partial charge in [-0.1, -0.05) is 0 Å². The number of benzene rings is 1. The zero-order valence-corrected chi connectivity index (χ0v) is 10.5. The molecule has 1 fully saturated rings. The highest BCUT2D eigenvalue weighted by Crippen LogP contribution is 2.22. The Balaban J connectivity index is 1.86. The van der Waals surface area contributed by atoms with Crippen LogP contribution >= 0.6 is 0 Å². The molecule has 1 aromatic carbocycles. The van der Waals surface area contributed by atoms with Gasteiger partial charge in [0.25, 0.3) is 0 Å². The summed E-state index contributed by atoms with van der Waals surface area (Å²) < 4.78 is 50.6. The molecule has 0 aromatic heterocycles. The van der Waals surface area contributed by atoms with E-state index in [0.29, 0.717) is 19.6 Å². The zero-order valence-electron chi connectivity index (χ0n) is 10.5. The normalized spacial score (nSPS) is 18.9. The smallest absolute Gasteiger partial charge is 0.422 e. The Morgan fingerprint density at radius 3 is 2.45 bits per heavy atom. The first-order valence-corrected chi connectivity index (χ1v) is 6.03. The number of hydrogen-bond donors (Lipinski definition) is 0. The fourth-order valence-corrected chi connectivity index (χ4v) is 1.69. The number of carbonyl (C=O) groups is 1. The lowest BCUT2D eigenvalue weighted by molar-refractivity contribution is -0.153. The van der Waals surface area contributed by atoms with Crippen molar-refractivity contribution in [2.75, 3.05) is 19.8 Å². The second kappa shape index (κ2) is 6.13. The van der Waals surface area contributed by atoms with Crippen molar-refractivity contribution in [3.8, 4) is 11.5 Å². The van der Waals surface area contributed by atoms with E-state index in [9.17, 15) is 18.0 Å². The molecule has 1 heterocycles. The summed E-state index contributed by atoms with van der Waals surface area (Å²) in [7, 11) is 0. The maximum atomic E-state index is 12.0. The Kier molecular flexibility index (Phi) is 4.49. The van der Waals surface area contributed by atoms with Crippen molar-refractivity contribution in [3.05, 3.63) is 24.3 Å². The molecule has 0 amide bonds. The van der Waals surface area contributed by atoms with E-state index < -0.39 is 18.8 Å². The molecule has 0 N–H and O–H groups in total. The number of esters is 1. The Morgan fingerprint density at radius 1 is 1.25 bits per heavy atom. The highest BCUT2D eigenvalue weighted by Gasteiger charge is 2.28. The Hall–Kier alpha value is -1.76. The number of hydrogen-bond acceptors (Lipinski definition) is 4. The van der Waals surface area contributed by atoms with Gasteiger partial charge in [0.1, 0.15) is 11.5 Å². The molecule has 1 aliphatic rings. The van der Waals surface area contributed by atoms with Crippen LogP contribution in [-0.2, 0) is 9.53 Å². The molecular weight excluding hydrogens is 277 g/mol. The molecule has 20 heavy (non-hydrogen) atoms. The predicted molar refractivity (Wildman–Crippen MR) is 62.6 cm³/mol. The average Bonchev–Trinajstić information content (AvgIpc) is 2.91. The Morgan fingerprint density at radius 2 is 1.90 bits per heavy atom. The first-order valence-electron chi connectivity index (χ1n) is 6.03. The highest BCUT2D eigenvalue weighted by atomic mass is 19.4. The van der Waals surface area contributed by atoms with Gasteiger partial charge in [-0.3, -0.25) is 4.79 Å². The summed E-state index contributed by atoms with van der Waals surface area (Å²) in [5, 5.41) is 0. The van der Waals surface area contributed by atoms with Gasteiger partial charge in [-0.05, 0) is 30.7 Å². The van der Waals surface area contributed by atoms with Crippen LogP contribution < -0.4 is 9.47 Å². The van der Waals surface area contributed by atoms with Crippen LogP contribution in [0, 0.1) is 5.92 Å². The van der Waals surface area contributed by atoms with Crippen LogP contribution in [0.5, 0.6) is 11.5 Å². The van der Waals surface area contributed by atoms with Gasteiger partial charge in [0.2, 0.25) is 0 Å². The third kappa shape index (κ3) is 4.41. The van der Waals surface area contributed by atoms with Crippen LogP contribution in [0.1, 0.15) is 6.42 Å². The monoisotopic (exact) mass is 290 g/mol. The van der Waals surface area contributed by atoms with Gasteiger partial charge in [0.05, 0.1) is 12.5 Å². The summed E-state index contributed by atoms with van der Waals surface area (Å²) in [6.07, 6.45) is -3.76. The van der Waals surface area contributed by atoms with Crippen LogP contribution in [-0.4, -0.2) is 32.0 Å². The number of rotatable bonds is 4. The molecule has 1 aliphatic heterocycles. The summed E-state index contributed by atoms with van der Waals surface area (Å²) in [6.45, 7) is -0.485. The van der Waals surface area contributed by atoms with E-state index in [1.807, 2.05) is 0 Å². The van der Waals surface area contributed by atoms with Crippen LogP contribution in [0.15, 0.2) is 24.3 Å². The van der Waals surface area contributed by atoms with Crippen LogP contribution in [0.25, 0.3) is 0 Å². The second-order valence-electron chi connectivity index (χ2n) is 4.36. The number of halogens is 3. The lowest BCUT2D eigenvalue weighted by atomic mass is 10.1. The van der Waals surface area contributed by atoms with Crippen LogP contribution in [0.3, 0.4) is 0 Å². The van der Waals surface area contributed by atoms with Crippen molar-refractivity contribution in [1.82, 2.24) is 0 Å². The molecule has 0 unspecified atom stereocenters. The molecule has 110 valence electrons. The topological polar surface area (TPSA) is 44.8 Å². The van der Waals surface area contributed by atoms with Gasteiger partial charge >= 0.3 is 12.1 Å². The molecule has 0 radical (unpaired) electrons. The average molecular weight is 290 g/mol. The largest absolute Gasteiger partial charge is 0.484 e. The van der Waals surface area contributed by atoms with Crippen molar-refractivity contribution < 1.29 is 32.2 Å². The molecule has 4 nitrogen and oxygen atoms in total. The molecule has 1 saturated heterocycles. The van der Waals surface area contributed by atoms with E-state index in [0.717, 1.165) is 0 Å². The first kappa shape index (κ1) is 14.6. The lowest BCUT2D eigenvalue weighted by Gasteiger charge is -2.10. The molecular formula is C13H13F3O4. The Labute approximate surface area is 113 Å². The maximum absolute atomic E-state index is 12.0. The van der Waals surface area contributed by atoms with Gasteiger partial charge < -0.3 is 14.2 Å². The minimum absolute atomic E-state index is 0.0614. The summed E-state index contributed by atoms with van der Waals surface area (Å²) in [6, 6.07) is 5.41. The summed E-state index contributed by atoms with van der Waals surface area (Å²) in [5.41, 5.74) is 0. The predicted octanol–water partition coefficient (Wildman–Crippen LogP) is 2.57. The van der Waals surface area contributed by atoms with Gasteiger partial charge in [0, 0.05) is 6.61 Å². The minimum atomic E-state index is -4.38. The quantitative estimate of drug-likeness (QED) is 0.631. The molecule has 0 bridgehead atoms. The Bertz CT molecular complexity index is 450. The van der Waals surface area contributed by atoms with Crippen molar-refractivity contribution in [2.24, 2.45) is 5.92 Å². The molecule has 0 saturated carbocycles. The lowest BCUT2D eigenvalue weighted by Crippen LogP contribution is -2.20. The summed E-state index contributed by atoms with van der Waals surface area (Å²) in [4.78, 5) is 11.7. The fourth-order valence-electron chi connectivity index (χ4n) is 1.69. The minimum Gasteiger partial charge on any atom is -0.484 e. The van der Waals surface area contributed by atoms with Gasteiger partial charge in [-0.2, -0.15) is 13.2 Å². The fraction of sp³-hybridized carbons (Fsp3) is 0.462. The van der Waals surface area contributed by atoms with E-state index >= 15 is 0 Å². The number of carbonyl (C=O) groups excluding carboxylic acids is 1. The first-order chi connectivity index (χ1) is 9.44. The maximum Gasteiger partial charge on any atom is 0.422 e. The van der Waals surface area contributed by atoms with Gasteiger partial charge in [-0.15, -0.1) is 0 Å². The van der Waals surface area contributed by atoms with Crippen LogP contribution in [0.4, 0.5) is 13.2 Å². The zero-order chi connectivity index (χ0) is 14.6. The summed E-state index contributed by atoms with van der Waals surface area (Å²) in [5.74, 6) is -0.352. The molecule has 1 aromatic rings. The van der Waals surface area contributed by atoms with E-state index in [1.54, 1.807) is 0 Å². The van der Waals surface area contributed by atoms with Gasteiger partial charge in [-0.25, -0.2) is 0 Å². The third-order valence-corrected chi connectivity index (χ3v) is 2.71. The molecule has 1 atom stereocenters. The standard InChI is InChI=1S/C13H13F3O4/c14-13(15,16)8-19-10-1-3-11(4-2-10)20-12(17)9-5-6-18-7-9/h1-4,9H,5-8H2/t9-/m0/s1. The number of ether oxygens (including phenoxy) is 3. The van der Waals surface area contributed by atoms with Gasteiger partial charge in [0.15, 0.2) is 6.61 Å². The van der Waals surface area contributed by atoms with Crippen molar-refractivity contribution in [1.29, 1.82) is 0 Å². The molecule has 7 heteroatoms. The molecule has 0 aliphatic carbocycles.